The maximum atomic E-state index is 13.2. The van der Waals surface area contributed by atoms with Gasteiger partial charge in [-0.3, -0.25) is 9.59 Å². The third-order valence-electron chi connectivity index (χ3n) is 5.09. The molecule has 0 spiro atoms. The summed E-state index contributed by atoms with van der Waals surface area (Å²) in [4.78, 5) is 39.3. The highest BCUT2D eigenvalue weighted by atomic mass is 35.5. The van der Waals surface area contributed by atoms with Gasteiger partial charge < -0.3 is 19.4 Å². The standard InChI is InChI=1S/C25H19ClN2O5/c1-28-20-13-12-18(32-2)14-19(20)22(33-25(31)15-6-4-3-5-7-15)21(24(28)30)23(29)27-17-10-8-16(26)9-11-17/h3-14H,1-2H3,(H,27,29). The summed E-state index contributed by atoms with van der Waals surface area (Å²) >= 11 is 5.91. The SMILES string of the molecule is COc1ccc2c(c1)c(OC(=O)c1ccccc1)c(C(=O)Nc1ccc(Cl)cc1)c(=O)n2C. The zero-order chi connectivity index (χ0) is 23.5. The molecule has 1 amide bonds. The predicted molar refractivity (Wildman–Crippen MR) is 127 cm³/mol. The van der Waals surface area contributed by atoms with Crippen molar-refractivity contribution in [3.05, 3.63) is 99.3 Å². The minimum atomic E-state index is -0.724. The highest BCUT2D eigenvalue weighted by Gasteiger charge is 2.25. The molecule has 33 heavy (non-hydrogen) atoms. The number of hydrogen-bond donors (Lipinski definition) is 1. The van der Waals surface area contributed by atoms with E-state index in [1.165, 1.54) is 11.7 Å². The molecule has 0 aliphatic carbocycles. The smallest absolute Gasteiger partial charge is 0.343 e. The lowest BCUT2D eigenvalue weighted by molar-refractivity contribution is 0.0735. The van der Waals surface area contributed by atoms with Crippen LogP contribution >= 0.6 is 11.6 Å². The van der Waals surface area contributed by atoms with Gasteiger partial charge in [0.15, 0.2) is 5.75 Å². The van der Waals surface area contributed by atoms with Crippen molar-refractivity contribution in [3.63, 3.8) is 0 Å². The van der Waals surface area contributed by atoms with Gasteiger partial charge >= 0.3 is 5.97 Å². The highest BCUT2D eigenvalue weighted by molar-refractivity contribution is 6.30. The first kappa shape index (κ1) is 22.1. The molecule has 0 radical (unpaired) electrons. The maximum Gasteiger partial charge on any atom is 0.343 e. The Morgan fingerprint density at radius 1 is 0.970 bits per heavy atom. The fraction of sp³-hybridized carbons (Fsp3) is 0.0800. The molecule has 1 heterocycles. The Kier molecular flexibility index (Phi) is 6.15. The lowest BCUT2D eigenvalue weighted by Crippen LogP contribution is -2.30. The zero-order valence-electron chi connectivity index (χ0n) is 17.8. The number of carbonyl (C=O) groups is 2. The van der Waals surface area contributed by atoms with Crippen LogP contribution in [0.5, 0.6) is 11.5 Å². The highest BCUT2D eigenvalue weighted by Crippen LogP contribution is 2.32. The van der Waals surface area contributed by atoms with E-state index in [-0.39, 0.29) is 16.9 Å². The molecule has 166 valence electrons. The molecule has 0 saturated carbocycles. The third-order valence-corrected chi connectivity index (χ3v) is 5.34. The van der Waals surface area contributed by atoms with E-state index in [1.807, 2.05) is 0 Å². The van der Waals surface area contributed by atoms with Crippen molar-refractivity contribution in [3.8, 4) is 11.5 Å². The van der Waals surface area contributed by atoms with Crippen LogP contribution in [-0.2, 0) is 7.05 Å². The monoisotopic (exact) mass is 462 g/mol. The summed E-state index contributed by atoms with van der Waals surface area (Å²) < 4.78 is 12.3. The number of benzene rings is 3. The molecular weight excluding hydrogens is 444 g/mol. The lowest BCUT2D eigenvalue weighted by Gasteiger charge is -2.16. The second-order valence-electron chi connectivity index (χ2n) is 7.17. The van der Waals surface area contributed by atoms with Gasteiger partial charge in [-0.2, -0.15) is 0 Å². The van der Waals surface area contributed by atoms with Gasteiger partial charge in [0.2, 0.25) is 0 Å². The molecular formula is C25H19ClN2O5. The molecule has 0 unspecified atom stereocenters. The number of amides is 1. The van der Waals surface area contributed by atoms with Crippen molar-refractivity contribution in [1.29, 1.82) is 0 Å². The van der Waals surface area contributed by atoms with E-state index < -0.39 is 17.4 Å². The first-order chi connectivity index (χ1) is 15.9. The predicted octanol–water partition coefficient (Wildman–Crippen LogP) is 4.67. The lowest BCUT2D eigenvalue weighted by atomic mass is 10.1. The number of aryl methyl sites for hydroxylation is 1. The van der Waals surface area contributed by atoms with Crippen LogP contribution in [0.4, 0.5) is 5.69 Å². The summed E-state index contributed by atoms with van der Waals surface area (Å²) in [6.45, 7) is 0. The van der Waals surface area contributed by atoms with E-state index in [4.69, 9.17) is 21.1 Å². The number of ether oxygens (including phenoxy) is 2. The topological polar surface area (TPSA) is 86.6 Å². The number of hydrogen-bond acceptors (Lipinski definition) is 5. The van der Waals surface area contributed by atoms with Gasteiger partial charge in [-0.25, -0.2) is 4.79 Å². The van der Waals surface area contributed by atoms with E-state index in [1.54, 1.807) is 79.8 Å². The molecule has 4 rings (SSSR count). The maximum absolute atomic E-state index is 13.2. The van der Waals surface area contributed by atoms with Crippen LogP contribution in [0.15, 0.2) is 77.6 Å². The fourth-order valence-electron chi connectivity index (χ4n) is 3.38. The number of anilines is 1. The summed E-state index contributed by atoms with van der Waals surface area (Å²) in [6.07, 6.45) is 0. The number of nitrogens with one attached hydrogen (secondary N) is 1. The molecule has 1 N–H and O–H groups in total. The van der Waals surface area contributed by atoms with Gasteiger partial charge in [-0.1, -0.05) is 29.8 Å². The van der Waals surface area contributed by atoms with Crippen LogP contribution in [0.2, 0.25) is 5.02 Å². The summed E-state index contributed by atoms with van der Waals surface area (Å²) in [5.74, 6) is -1.10. The molecule has 0 saturated heterocycles. The molecule has 0 aliphatic heterocycles. The third kappa shape index (κ3) is 4.44. The number of pyridine rings is 1. The van der Waals surface area contributed by atoms with Gasteiger partial charge in [0.1, 0.15) is 11.3 Å². The Labute approximate surface area is 194 Å². The van der Waals surface area contributed by atoms with Gasteiger partial charge in [-0.15, -0.1) is 0 Å². The fourth-order valence-corrected chi connectivity index (χ4v) is 3.51. The van der Waals surface area contributed by atoms with Crippen molar-refractivity contribution in [1.82, 2.24) is 4.57 Å². The van der Waals surface area contributed by atoms with Crippen LogP contribution in [0.25, 0.3) is 10.9 Å². The van der Waals surface area contributed by atoms with Crippen molar-refractivity contribution in [2.75, 3.05) is 12.4 Å². The summed E-state index contributed by atoms with van der Waals surface area (Å²) in [7, 11) is 3.03. The normalized spacial score (nSPS) is 10.6. The first-order valence-corrected chi connectivity index (χ1v) is 10.3. The second-order valence-corrected chi connectivity index (χ2v) is 7.60. The summed E-state index contributed by atoms with van der Waals surface area (Å²) in [5.41, 5.74) is 0.253. The number of halogens is 1. The Balaban J connectivity index is 1.89. The Morgan fingerprint density at radius 3 is 2.33 bits per heavy atom. The number of methoxy groups -OCH3 is 1. The van der Waals surface area contributed by atoms with Crippen LogP contribution < -0.4 is 20.3 Å². The van der Waals surface area contributed by atoms with E-state index in [0.717, 1.165) is 0 Å². The van der Waals surface area contributed by atoms with Crippen molar-refractivity contribution >= 4 is 40.1 Å². The molecule has 0 bridgehead atoms. The minimum absolute atomic E-state index is 0.146. The number of esters is 1. The average Bonchev–Trinajstić information content (AvgIpc) is 2.84. The molecule has 8 heteroatoms. The average molecular weight is 463 g/mol. The van der Waals surface area contributed by atoms with E-state index in [2.05, 4.69) is 5.32 Å². The van der Waals surface area contributed by atoms with Gasteiger partial charge in [0.05, 0.1) is 18.2 Å². The zero-order valence-corrected chi connectivity index (χ0v) is 18.6. The second kappa shape index (κ2) is 9.18. The van der Waals surface area contributed by atoms with Gasteiger partial charge in [-0.05, 0) is 54.6 Å². The molecule has 0 aliphatic rings. The van der Waals surface area contributed by atoms with Crippen LogP contribution in [0.3, 0.4) is 0 Å². The number of aromatic nitrogens is 1. The number of rotatable bonds is 5. The van der Waals surface area contributed by atoms with Crippen LogP contribution in [0, 0.1) is 0 Å². The minimum Gasteiger partial charge on any atom is -0.497 e. The Bertz CT molecular complexity index is 1410. The van der Waals surface area contributed by atoms with Crippen molar-refractivity contribution in [2.24, 2.45) is 7.05 Å². The number of nitrogens with zero attached hydrogens (tertiary/aromatic N) is 1. The molecule has 3 aromatic carbocycles. The molecule has 0 fully saturated rings. The van der Waals surface area contributed by atoms with Gasteiger partial charge in [0.25, 0.3) is 11.5 Å². The summed E-state index contributed by atoms with van der Waals surface area (Å²) in [5, 5.41) is 3.54. The Morgan fingerprint density at radius 2 is 1.67 bits per heavy atom. The largest absolute Gasteiger partial charge is 0.497 e. The van der Waals surface area contributed by atoms with Crippen LogP contribution in [-0.4, -0.2) is 23.6 Å². The van der Waals surface area contributed by atoms with Crippen molar-refractivity contribution in [2.45, 2.75) is 0 Å². The van der Waals surface area contributed by atoms with E-state index >= 15 is 0 Å². The molecule has 7 nitrogen and oxygen atoms in total. The molecule has 1 aromatic heterocycles. The van der Waals surface area contributed by atoms with Crippen molar-refractivity contribution < 1.29 is 19.1 Å². The Hall–Kier alpha value is -4.10. The van der Waals surface area contributed by atoms with Gasteiger partial charge in [0, 0.05) is 23.1 Å². The molecule has 4 aromatic rings. The first-order valence-electron chi connectivity index (χ1n) is 9.94. The summed E-state index contributed by atoms with van der Waals surface area (Å²) in [6, 6.07) is 19.7. The van der Waals surface area contributed by atoms with E-state index in [0.29, 0.717) is 27.4 Å². The van der Waals surface area contributed by atoms with Crippen LogP contribution in [0.1, 0.15) is 20.7 Å². The molecule has 0 atom stereocenters. The van der Waals surface area contributed by atoms with E-state index in [9.17, 15) is 14.4 Å². The number of carbonyl (C=O) groups excluding carboxylic acids is 2. The quantitative estimate of drug-likeness (QED) is 0.435. The number of fused-ring (bicyclic) bond motifs is 1.